The summed E-state index contributed by atoms with van der Waals surface area (Å²) in [5.74, 6) is -4.33. The molecule has 2 amide bonds. The van der Waals surface area contributed by atoms with Gasteiger partial charge in [0.15, 0.2) is 0 Å². The summed E-state index contributed by atoms with van der Waals surface area (Å²) in [5, 5.41) is 0.209. The second-order valence-electron chi connectivity index (χ2n) is 7.70. The molecule has 9 heteroatoms. The average Bonchev–Trinajstić information content (AvgIpc) is 2.92. The zero-order chi connectivity index (χ0) is 23.2. The van der Waals surface area contributed by atoms with Crippen molar-refractivity contribution in [1.29, 1.82) is 0 Å². The van der Waals surface area contributed by atoms with Crippen LogP contribution in [0.1, 0.15) is 97.8 Å². The van der Waals surface area contributed by atoms with Crippen molar-refractivity contribution in [3.63, 3.8) is 0 Å². The van der Waals surface area contributed by atoms with Crippen LogP contribution >= 0.6 is 0 Å². The summed E-state index contributed by atoms with van der Waals surface area (Å²) >= 11 is 0. The first-order valence-electron chi connectivity index (χ1n) is 11.3. The van der Waals surface area contributed by atoms with Crippen molar-refractivity contribution in [1.82, 2.24) is 5.06 Å². The van der Waals surface area contributed by atoms with E-state index in [9.17, 15) is 24.0 Å². The summed E-state index contributed by atoms with van der Waals surface area (Å²) < 4.78 is 10.3. The lowest BCUT2D eigenvalue weighted by molar-refractivity contribution is -0.198. The molecule has 1 rings (SSSR count). The highest BCUT2D eigenvalue weighted by atomic mass is 16.7. The van der Waals surface area contributed by atoms with Crippen LogP contribution in [0, 0.1) is 0 Å². The topological polar surface area (TPSA) is 116 Å². The molecule has 0 bridgehead atoms. The number of carbonyl (C=O) groups is 5. The molecular formula is C22H35NO8. The van der Waals surface area contributed by atoms with E-state index in [1.165, 1.54) is 0 Å². The fraction of sp³-hybridized carbons (Fsp3) is 0.773. The number of hydrogen-bond donors (Lipinski definition) is 0. The molecule has 1 fully saturated rings. The summed E-state index contributed by atoms with van der Waals surface area (Å²) in [7, 11) is 0. The van der Waals surface area contributed by atoms with Crippen molar-refractivity contribution in [2.24, 2.45) is 0 Å². The van der Waals surface area contributed by atoms with Crippen molar-refractivity contribution in [2.75, 3.05) is 0 Å². The van der Waals surface area contributed by atoms with Crippen LogP contribution in [-0.2, 0) is 38.3 Å². The third kappa shape index (κ3) is 9.48. The monoisotopic (exact) mass is 441 g/mol. The fourth-order valence-electron chi connectivity index (χ4n) is 3.19. The minimum atomic E-state index is -1.65. The highest BCUT2D eigenvalue weighted by Gasteiger charge is 2.55. The number of ether oxygens (including phenoxy) is 2. The Hall–Kier alpha value is -2.45. The lowest BCUT2D eigenvalue weighted by Gasteiger charge is -2.16. The van der Waals surface area contributed by atoms with Crippen LogP contribution in [0.3, 0.4) is 0 Å². The predicted octanol–water partition coefficient (Wildman–Crippen LogP) is 3.38. The second kappa shape index (κ2) is 14.5. The lowest BCUT2D eigenvalue weighted by atomic mass is 10.1. The molecule has 1 aliphatic heterocycles. The van der Waals surface area contributed by atoms with Crippen LogP contribution in [0.2, 0.25) is 0 Å². The van der Waals surface area contributed by atoms with E-state index in [-0.39, 0.29) is 17.9 Å². The standard InChI is InChI=1S/C22H35NO8/c1-4-6-8-10-12-14-17(25)29-19-20(22(28)23(21(19)27)31-16(3)24)30-18(26)15-13-11-9-7-5-2/h19-20H,4-15H2,1-3H3. The van der Waals surface area contributed by atoms with E-state index in [0.717, 1.165) is 58.3 Å². The minimum Gasteiger partial charge on any atom is -0.447 e. The quantitative estimate of drug-likeness (QED) is 0.216. The molecule has 176 valence electrons. The number of rotatable bonds is 15. The number of imide groups is 1. The Bertz CT molecular complexity index is 587. The summed E-state index contributed by atoms with van der Waals surface area (Å²) in [5.41, 5.74) is 0. The highest BCUT2D eigenvalue weighted by Crippen LogP contribution is 2.23. The van der Waals surface area contributed by atoms with Crippen molar-refractivity contribution < 1.29 is 38.3 Å². The van der Waals surface area contributed by atoms with Gasteiger partial charge in [0.2, 0.25) is 12.2 Å². The molecular weight excluding hydrogens is 406 g/mol. The van der Waals surface area contributed by atoms with Crippen molar-refractivity contribution in [3.8, 4) is 0 Å². The minimum absolute atomic E-state index is 0.0767. The lowest BCUT2D eigenvalue weighted by Crippen LogP contribution is -2.37. The second-order valence-corrected chi connectivity index (χ2v) is 7.70. The fourth-order valence-corrected chi connectivity index (χ4v) is 3.19. The van der Waals surface area contributed by atoms with E-state index in [1.54, 1.807) is 0 Å². The third-order valence-corrected chi connectivity index (χ3v) is 4.87. The zero-order valence-electron chi connectivity index (χ0n) is 18.9. The van der Waals surface area contributed by atoms with Gasteiger partial charge in [-0.25, -0.2) is 4.79 Å². The van der Waals surface area contributed by atoms with Crippen LogP contribution in [0.5, 0.6) is 0 Å². The Balaban J connectivity index is 2.69. The molecule has 0 N–H and O–H groups in total. The van der Waals surface area contributed by atoms with Gasteiger partial charge in [0.05, 0.1) is 0 Å². The van der Waals surface area contributed by atoms with Gasteiger partial charge < -0.3 is 14.3 Å². The number of amides is 2. The Kier molecular flexibility index (Phi) is 12.5. The number of hydrogen-bond acceptors (Lipinski definition) is 8. The van der Waals surface area contributed by atoms with E-state index >= 15 is 0 Å². The number of carbonyl (C=O) groups excluding carboxylic acids is 5. The first-order valence-corrected chi connectivity index (χ1v) is 11.3. The van der Waals surface area contributed by atoms with E-state index in [1.807, 2.05) is 0 Å². The van der Waals surface area contributed by atoms with Crippen molar-refractivity contribution in [3.05, 3.63) is 0 Å². The molecule has 1 aliphatic rings. The predicted molar refractivity (Wildman–Crippen MR) is 110 cm³/mol. The molecule has 2 unspecified atom stereocenters. The van der Waals surface area contributed by atoms with E-state index in [2.05, 4.69) is 18.7 Å². The zero-order valence-corrected chi connectivity index (χ0v) is 18.9. The maximum atomic E-state index is 12.5. The van der Waals surface area contributed by atoms with Gasteiger partial charge in [-0.15, -0.1) is 0 Å². The maximum Gasteiger partial charge on any atom is 0.330 e. The molecule has 1 saturated heterocycles. The van der Waals surface area contributed by atoms with Gasteiger partial charge in [-0.1, -0.05) is 70.3 Å². The van der Waals surface area contributed by atoms with Crippen LogP contribution in [-0.4, -0.2) is 47.0 Å². The summed E-state index contributed by atoms with van der Waals surface area (Å²) in [6, 6.07) is 0. The van der Waals surface area contributed by atoms with Gasteiger partial charge in [-0.05, 0) is 12.8 Å². The molecule has 0 saturated carbocycles. The molecule has 9 nitrogen and oxygen atoms in total. The molecule has 0 aliphatic carbocycles. The van der Waals surface area contributed by atoms with Gasteiger partial charge in [-0.3, -0.25) is 19.2 Å². The SMILES string of the molecule is CCCCCCCC(=O)OC1C(=O)N(OC(C)=O)C(=O)C1OC(=O)CCCCCCC. The number of unbranched alkanes of at least 4 members (excludes halogenated alkanes) is 8. The smallest absolute Gasteiger partial charge is 0.330 e. The van der Waals surface area contributed by atoms with Gasteiger partial charge in [-0.2, -0.15) is 0 Å². The number of nitrogens with zero attached hydrogens (tertiary/aromatic N) is 1. The Morgan fingerprint density at radius 3 is 1.45 bits per heavy atom. The summed E-state index contributed by atoms with van der Waals surface area (Å²) in [6.45, 7) is 5.19. The van der Waals surface area contributed by atoms with E-state index in [4.69, 9.17) is 9.47 Å². The largest absolute Gasteiger partial charge is 0.447 e. The van der Waals surface area contributed by atoms with Crippen LogP contribution < -0.4 is 0 Å². The molecule has 0 aromatic heterocycles. The first-order chi connectivity index (χ1) is 14.8. The van der Waals surface area contributed by atoms with Gasteiger partial charge in [0.25, 0.3) is 0 Å². The summed E-state index contributed by atoms with van der Waals surface area (Å²) in [6.07, 6.45) is 5.96. The van der Waals surface area contributed by atoms with Crippen molar-refractivity contribution in [2.45, 2.75) is 110 Å². The van der Waals surface area contributed by atoms with Crippen molar-refractivity contribution >= 4 is 29.7 Å². The molecule has 0 spiro atoms. The molecule has 2 atom stereocenters. The third-order valence-electron chi connectivity index (χ3n) is 4.87. The molecule has 0 aromatic carbocycles. The van der Waals surface area contributed by atoms with E-state index < -0.39 is 41.9 Å². The average molecular weight is 442 g/mol. The summed E-state index contributed by atoms with van der Waals surface area (Å²) in [4.78, 5) is 65.1. The Labute approximate surface area is 183 Å². The molecule has 0 aromatic rings. The Morgan fingerprint density at radius 2 is 1.10 bits per heavy atom. The van der Waals surface area contributed by atoms with Crippen LogP contribution in [0.25, 0.3) is 0 Å². The number of hydroxylamine groups is 2. The normalized spacial score (nSPS) is 18.2. The molecule has 31 heavy (non-hydrogen) atoms. The Morgan fingerprint density at radius 1 is 0.710 bits per heavy atom. The van der Waals surface area contributed by atoms with Gasteiger partial charge in [0, 0.05) is 19.8 Å². The van der Waals surface area contributed by atoms with Gasteiger partial charge in [0.1, 0.15) is 0 Å². The number of esters is 2. The van der Waals surface area contributed by atoms with E-state index in [0.29, 0.717) is 12.8 Å². The van der Waals surface area contributed by atoms with Crippen LogP contribution in [0.15, 0.2) is 0 Å². The highest BCUT2D eigenvalue weighted by molar-refractivity contribution is 6.08. The maximum absolute atomic E-state index is 12.5. The first kappa shape index (κ1) is 26.6. The molecule has 1 heterocycles. The van der Waals surface area contributed by atoms with Crippen LogP contribution in [0.4, 0.5) is 0 Å². The molecule has 0 radical (unpaired) electrons. The van der Waals surface area contributed by atoms with Gasteiger partial charge >= 0.3 is 29.7 Å².